The summed E-state index contributed by atoms with van der Waals surface area (Å²) in [5, 5.41) is 2.88. The highest BCUT2D eigenvalue weighted by molar-refractivity contribution is 5.80. The Balaban J connectivity index is 2.63. The largest absolute Gasteiger partial charge is 0.497 e. The normalized spacial score (nSPS) is 13.9. The predicted molar refractivity (Wildman–Crippen MR) is 66.0 cm³/mol. The fourth-order valence-electron chi connectivity index (χ4n) is 1.41. The first-order valence-corrected chi connectivity index (χ1v) is 5.55. The Morgan fingerprint density at radius 3 is 2.24 bits per heavy atom. The fraction of sp³-hybridized carbons (Fsp3) is 0.462. The Morgan fingerprint density at radius 2 is 1.76 bits per heavy atom. The third kappa shape index (κ3) is 3.75. The number of amides is 1. The Bertz CT molecular complexity index is 361. The van der Waals surface area contributed by atoms with Gasteiger partial charge in [-0.05, 0) is 31.5 Å². The summed E-state index contributed by atoms with van der Waals surface area (Å²) < 4.78 is 10.0. The Kier molecular flexibility index (Phi) is 4.97. The minimum Gasteiger partial charge on any atom is -0.497 e. The van der Waals surface area contributed by atoms with Gasteiger partial charge in [0.15, 0.2) is 0 Å². The van der Waals surface area contributed by atoms with E-state index in [4.69, 9.17) is 9.47 Å². The molecule has 1 aromatic rings. The molecule has 1 N–H and O–H groups in total. The van der Waals surface area contributed by atoms with E-state index in [0.29, 0.717) is 0 Å². The first-order valence-electron chi connectivity index (χ1n) is 5.55. The maximum Gasteiger partial charge on any atom is 0.249 e. The Hall–Kier alpha value is -1.55. The maximum atomic E-state index is 11.6. The molecule has 0 saturated carbocycles. The smallest absolute Gasteiger partial charge is 0.249 e. The number of nitrogens with one attached hydrogen (secondary N) is 1. The van der Waals surface area contributed by atoms with Crippen molar-refractivity contribution in [2.24, 2.45) is 0 Å². The van der Waals surface area contributed by atoms with Gasteiger partial charge in [0.05, 0.1) is 13.2 Å². The molecular formula is C13H19NO3. The van der Waals surface area contributed by atoms with Gasteiger partial charge < -0.3 is 14.8 Å². The van der Waals surface area contributed by atoms with Crippen LogP contribution >= 0.6 is 0 Å². The summed E-state index contributed by atoms with van der Waals surface area (Å²) in [6.45, 7) is 3.65. The van der Waals surface area contributed by atoms with Crippen LogP contribution in [0, 0.1) is 0 Å². The van der Waals surface area contributed by atoms with E-state index in [-0.39, 0.29) is 11.9 Å². The first-order chi connectivity index (χ1) is 8.08. The van der Waals surface area contributed by atoms with Crippen LogP contribution in [0.4, 0.5) is 0 Å². The van der Waals surface area contributed by atoms with E-state index < -0.39 is 6.10 Å². The van der Waals surface area contributed by atoms with Crippen LogP contribution in [0.25, 0.3) is 0 Å². The van der Waals surface area contributed by atoms with E-state index in [1.165, 1.54) is 7.11 Å². The molecule has 4 heteroatoms. The van der Waals surface area contributed by atoms with Crippen molar-refractivity contribution in [1.29, 1.82) is 0 Å². The Morgan fingerprint density at radius 1 is 1.18 bits per heavy atom. The van der Waals surface area contributed by atoms with Crippen molar-refractivity contribution >= 4 is 5.91 Å². The van der Waals surface area contributed by atoms with E-state index >= 15 is 0 Å². The van der Waals surface area contributed by atoms with Gasteiger partial charge in [-0.25, -0.2) is 0 Å². The third-order valence-electron chi connectivity index (χ3n) is 2.70. The lowest BCUT2D eigenvalue weighted by atomic mass is 10.1. The molecule has 1 aromatic carbocycles. The minimum atomic E-state index is -0.435. The van der Waals surface area contributed by atoms with Crippen LogP contribution in [0.2, 0.25) is 0 Å². The quantitative estimate of drug-likeness (QED) is 0.851. The zero-order chi connectivity index (χ0) is 12.8. The lowest BCUT2D eigenvalue weighted by Crippen LogP contribution is -2.35. The molecule has 4 nitrogen and oxygen atoms in total. The molecule has 0 fully saturated rings. The van der Waals surface area contributed by atoms with Gasteiger partial charge in [-0.2, -0.15) is 0 Å². The van der Waals surface area contributed by atoms with Gasteiger partial charge in [0.25, 0.3) is 0 Å². The molecule has 0 bridgehead atoms. The molecule has 0 saturated heterocycles. The SMILES string of the molecule is COc1ccc([C@H](C)NC(=O)C(C)OC)cc1. The van der Waals surface area contributed by atoms with Crippen molar-refractivity contribution in [3.63, 3.8) is 0 Å². The second-order valence-corrected chi connectivity index (χ2v) is 3.88. The van der Waals surface area contributed by atoms with Crippen LogP contribution in [-0.2, 0) is 9.53 Å². The molecule has 1 unspecified atom stereocenters. The van der Waals surface area contributed by atoms with Crippen molar-refractivity contribution in [2.75, 3.05) is 14.2 Å². The average molecular weight is 237 g/mol. The van der Waals surface area contributed by atoms with Crippen LogP contribution in [-0.4, -0.2) is 26.2 Å². The lowest BCUT2D eigenvalue weighted by Gasteiger charge is -2.17. The summed E-state index contributed by atoms with van der Waals surface area (Å²) in [7, 11) is 3.14. The molecule has 0 aliphatic rings. The molecule has 0 aliphatic heterocycles. The minimum absolute atomic E-state index is 0.0500. The molecule has 17 heavy (non-hydrogen) atoms. The molecule has 0 aromatic heterocycles. The highest BCUT2D eigenvalue weighted by atomic mass is 16.5. The van der Waals surface area contributed by atoms with Crippen molar-refractivity contribution < 1.29 is 14.3 Å². The third-order valence-corrected chi connectivity index (χ3v) is 2.70. The predicted octanol–water partition coefficient (Wildman–Crippen LogP) is 1.91. The second kappa shape index (κ2) is 6.25. The van der Waals surface area contributed by atoms with Gasteiger partial charge in [0.1, 0.15) is 11.9 Å². The molecule has 2 atom stereocenters. The van der Waals surface area contributed by atoms with Crippen molar-refractivity contribution in [3.05, 3.63) is 29.8 Å². The van der Waals surface area contributed by atoms with Gasteiger partial charge >= 0.3 is 0 Å². The molecular weight excluding hydrogens is 218 g/mol. The first kappa shape index (κ1) is 13.5. The monoisotopic (exact) mass is 237 g/mol. The van der Waals surface area contributed by atoms with Crippen LogP contribution in [0.1, 0.15) is 25.5 Å². The molecule has 0 heterocycles. The number of carbonyl (C=O) groups is 1. The number of ether oxygens (including phenoxy) is 2. The zero-order valence-corrected chi connectivity index (χ0v) is 10.7. The summed E-state index contributed by atoms with van der Waals surface area (Å²) in [6, 6.07) is 7.56. The molecule has 0 spiro atoms. The summed E-state index contributed by atoms with van der Waals surface area (Å²) in [5.41, 5.74) is 1.03. The highest BCUT2D eigenvalue weighted by Gasteiger charge is 2.15. The van der Waals surface area contributed by atoms with Gasteiger partial charge in [0.2, 0.25) is 5.91 Å². The number of methoxy groups -OCH3 is 2. The zero-order valence-electron chi connectivity index (χ0n) is 10.7. The number of rotatable bonds is 5. The molecule has 1 rings (SSSR count). The molecule has 0 aliphatic carbocycles. The summed E-state index contributed by atoms with van der Waals surface area (Å²) in [6.07, 6.45) is -0.435. The standard InChI is InChI=1S/C13H19NO3/c1-9(14-13(15)10(2)16-3)11-5-7-12(17-4)8-6-11/h5-10H,1-4H3,(H,14,15)/t9-,10?/m0/s1. The van der Waals surface area contributed by atoms with Crippen molar-refractivity contribution in [1.82, 2.24) is 5.32 Å². The fourth-order valence-corrected chi connectivity index (χ4v) is 1.41. The molecule has 94 valence electrons. The maximum absolute atomic E-state index is 11.6. The van der Waals surface area contributed by atoms with Crippen LogP contribution in [0.5, 0.6) is 5.75 Å². The summed E-state index contributed by atoms with van der Waals surface area (Å²) >= 11 is 0. The highest BCUT2D eigenvalue weighted by Crippen LogP contribution is 2.17. The van der Waals surface area contributed by atoms with Crippen LogP contribution < -0.4 is 10.1 Å². The van der Waals surface area contributed by atoms with Gasteiger partial charge in [0, 0.05) is 7.11 Å². The lowest BCUT2D eigenvalue weighted by molar-refractivity contribution is -0.130. The Labute approximate surface area is 102 Å². The van der Waals surface area contributed by atoms with E-state index in [0.717, 1.165) is 11.3 Å². The van der Waals surface area contributed by atoms with Crippen molar-refractivity contribution in [2.45, 2.75) is 26.0 Å². The molecule has 1 amide bonds. The summed E-state index contributed by atoms with van der Waals surface area (Å²) in [4.78, 5) is 11.6. The average Bonchev–Trinajstić information content (AvgIpc) is 2.37. The number of hydrogen-bond donors (Lipinski definition) is 1. The van der Waals surface area contributed by atoms with Crippen LogP contribution in [0.15, 0.2) is 24.3 Å². The van der Waals surface area contributed by atoms with Gasteiger partial charge in [-0.1, -0.05) is 12.1 Å². The van der Waals surface area contributed by atoms with Gasteiger partial charge in [-0.3, -0.25) is 4.79 Å². The van der Waals surface area contributed by atoms with Gasteiger partial charge in [-0.15, -0.1) is 0 Å². The van der Waals surface area contributed by atoms with E-state index in [2.05, 4.69) is 5.32 Å². The molecule has 0 radical (unpaired) electrons. The number of benzene rings is 1. The summed E-state index contributed by atoms with van der Waals surface area (Å²) in [5.74, 6) is 0.688. The van der Waals surface area contributed by atoms with E-state index in [9.17, 15) is 4.79 Å². The van der Waals surface area contributed by atoms with E-state index in [1.807, 2.05) is 31.2 Å². The van der Waals surface area contributed by atoms with Crippen LogP contribution in [0.3, 0.4) is 0 Å². The van der Waals surface area contributed by atoms with E-state index in [1.54, 1.807) is 14.0 Å². The van der Waals surface area contributed by atoms with Crippen molar-refractivity contribution in [3.8, 4) is 5.75 Å². The second-order valence-electron chi connectivity index (χ2n) is 3.88. The number of carbonyl (C=O) groups excluding carboxylic acids is 1. The topological polar surface area (TPSA) is 47.6 Å². The number of hydrogen-bond acceptors (Lipinski definition) is 3.